The minimum atomic E-state index is -0.628. The lowest BCUT2D eigenvalue weighted by Crippen LogP contribution is -2.15. The molecule has 0 unspecified atom stereocenters. The van der Waals surface area contributed by atoms with Crippen molar-refractivity contribution in [3.05, 3.63) is 81.2 Å². The summed E-state index contributed by atoms with van der Waals surface area (Å²) in [7, 11) is 2.80. The largest absolute Gasteiger partial charge is 0.493 e. The van der Waals surface area contributed by atoms with Gasteiger partial charge >= 0.3 is 5.97 Å². The van der Waals surface area contributed by atoms with Crippen molar-refractivity contribution >= 4 is 34.3 Å². The molecule has 1 N–H and O–H groups in total. The standard InChI is InChI=1S/C26H24N2O5S/c1-16-17(2)34-25(23(16)26(30)32-4)28-24(29)20(14-27)12-19-10-11-21(22(13-19)31-3)33-15-18-8-6-5-7-9-18/h5-13H,15H2,1-4H3,(H,28,29)/b20-12+. The molecular weight excluding hydrogens is 452 g/mol. The van der Waals surface area contributed by atoms with Crippen LogP contribution in [-0.2, 0) is 16.1 Å². The average molecular weight is 477 g/mol. The number of thiophene rings is 1. The molecule has 0 saturated carbocycles. The Morgan fingerprint density at radius 1 is 1.09 bits per heavy atom. The molecule has 34 heavy (non-hydrogen) atoms. The molecule has 8 heteroatoms. The van der Waals surface area contributed by atoms with Crippen LogP contribution in [0, 0.1) is 25.2 Å². The smallest absolute Gasteiger partial charge is 0.341 e. The molecule has 174 valence electrons. The van der Waals surface area contributed by atoms with Crippen molar-refractivity contribution in [3.8, 4) is 17.6 Å². The second-order valence-electron chi connectivity index (χ2n) is 7.29. The van der Waals surface area contributed by atoms with E-state index in [1.54, 1.807) is 25.1 Å². The summed E-state index contributed by atoms with van der Waals surface area (Å²) in [6, 6.07) is 16.8. The number of nitrogens with zero attached hydrogens (tertiary/aromatic N) is 1. The fourth-order valence-electron chi connectivity index (χ4n) is 3.18. The number of nitriles is 1. The van der Waals surface area contributed by atoms with E-state index in [0.717, 1.165) is 16.0 Å². The monoisotopic (exact) mass is 476 g/mol. The van der Waals surface area contributed by atoms with Crippen LogP contribution in [0.2, 0.25) is 0 Å². The maximum absolute atomic E-state index is 12.8. The zero-order valence-electron chi connectivity index (χ0n) is 19.3. The minimum Gasteiger partial charge on any atom is -0.493 e. The fourth-order valence-corrected chi connectivity index (χ4v) is 4.22. The number of carbonyl (C=O) groups is 2. The van der Waals surface area contributed by atoms with E-state index in [4.69, 9.17) is 14.2 Å². The normalized spacial score (nSPS) is 10.9. The first-order valence-corrected chi connectivity index (χ1v) is 11.2. The van der Waals surface area contributed by atoms with Crippen LogP contribution >= 0.6 is 11.3 Å². The first-order chi connectivity index (χ1) is 16.4. The molecule has 3 rings (SSSR count). The second-order valence-corrected chi connectivity index (χ2v) is 8.51. The van der Waals surface area contributed by atoms with E-state index in [1.165, 1.54) is 31.6 Å². The maximum atomic E-state index is 12.8. The van der Waals surface area contributed by atoms with Crippen LogP contribution in [0.5, 0.6) is 11.5 Å². The van der Waals surface area contributed by atoms with Gasteiger partial charge in [0.25, 0.3) is 5.91 Å². The van der Waals surface area contributed by atoms with Crippen LogP contribution in [0.15, 0.2) is 54.1 Å². The number of anilines is 1. The fraction of sp³-hybridized carbons (Fsp3) is 0.192. The summed E-state index contributed by atoms with van der Waals surface area (Å²) in [5.41, 5.74) is 2.49. The van der Waals surface area contributed by atoms with E-state index < -0.39 is 11.9 Å². The van der Waals surface area contributed by atoms with Gasteiger partial charge in [0.1, 0.15) is 23.3 Å². The van der Waals surface area contributed by atoms with E-state index in [9.17, 15) is 14.9 Å². The van der Waals surface area contributed by atoms with Gasteiger partial charge < -0.3 is 19.5 Å². The molecule has 0 spiro atoms. The molecule has 3 aromatic rings. The van der Waals surface area contributed by atoms with Crippen LogP contribution in [0.3, 0.4) is 0 Å². The third-order valence-corrected chi connectivity index (χ3v) is 6.23. The van der Waals surface area contributed by atoms with Gasteiger partial charge in [-0.2, -0.15) is 5.26 Å². The molecule has 7 nitrogen and oxygen atoms in total. The Labute approximate surface area is 202 Å². The summed E-state index contributed by atoms with van der Waals surface area (Å²) in [5.74, 6) is -0.161. The minimum absolute atomic E-state index is 0.125. The Hall–Kier alpha value is -4.09. The summed E-state index contributed by atoms with van der Waals surface area (Å²) in [6.45, 7) is 4.00. The molecule has 0 aliphatic heterocycles. The van der Waals surface area contributed by atoms with Gasteiger partial charge in [0, 0.05) is 4.88 Å². The molecule has 0 aliphatic rings. The van der Waals surface area contributed by atoms with Gasteiger partial charge in [-0.05, 0) is 48.7 Å². The second kappa shape index (κ2) is 11.2. The van der Waals surface area contributed by atoms with Crippen molar-refractivity contribution in [3.63, 3.8) is 0 Å². The van der Waals surface area contributed by atoms with Crippen molar-refractivity contribution in [1.29, 1.82) is 5.26 Å². The molecule has 0 atom stereocenters. The van der Waals surface area contributed by atoms with E-state index in [-0.39, 0.29) is 11.1 Å². The van der Waals surface area contributed by atoms with Crippen LogP contribution in [0.25, 0.3) is 6.08 Å². The van der Waals surface area contributed by atoms with Gasteiger partial charge in [0.2, 0.25) is 0 Å². The Balaban J connectivity index is 1.81. The van der Waals surface area contributed by atoms with Crippen LogP contribution < -0.4 is 14.8 Å². The number of hydrogen-bond donors (Lipinski definition) is 1. The number of amides is 1. The summed E-state index contributed by atoms with van der Waals surface area (Å²) >= 11 is 1.25. The molecule has 2 aromatic carbocycles. The molecule has 1 aromatic heterocycles. The predicted molar refractivity (Wildman–Crippen MR) is 131 cm³/mol. The van der Waals surface area contributed by atoms with Crippen LogP contribution in [-0.4, -0.2) is 26.1 Å². The number of benzene rings is 2. The van der Waals surface area contributed by atoms with Crippen LogP contribution in [0.1, 0.15) is 31.9 Å². The lowest BCUT2D eigenvalue weighted by Gasteiger charge is -2.11. The number of aryl methyl sites for hydroxylation is 1. The van der Waals surface area contributed by atoms with E-state index in [0.29, 0.717) is 28.7 Å². The van der Waals surface area contributed by atoms with Gasteiger partial charge in [-0.1, -0.05) is 36.4 Å². The van der Waals surface area contributed by atoms with Gasteiger partial charge in [-0.25, -0.2) is 4.79 Å². The highest BCUT2D eigenvalue weighted by Crippen LogP contribution is 2.34. The summed E-state index contributed by atoms with van der Waals surface area (Å²) in [5, 5.41) is 12.6. The highest BCUT2D eigenvalue weighted by atomic mass is 32.1. The molecule has 1 amide bonds. The van der Waals surface area contributed by atoms with Crippen molar-refractivity contribution in [2.75, 3.05) is 19.5 Å². The Morgan fingerprint density at radius 3 is 2.47 bits per heavy atom. The molecule has 0 fully saturated rings. The molecular formula is C26H24N2O5S. The third-order valence-electron chi connectivity index (χ3n) is 5.10. The number of nitrogens with one attached hydrogen (secondary N) is 1. The first-order valence-electron chi connectivity index (χ1n) is 10.3. The number of methoxy groups -OCH3 is 2. The zero-order valence-corrected chi connectivity index (χ0v) is 20.1. The Kier molecular flexibility index (Phi) is 8.06. The average Bonchev–Trinajstić information content (AvgIpc) is 3.13. The van der Waals surface area contributed by atoms with Gasteiger partial charge in [0.15, 0.2) is 11.5 Å². The molecule has 0 bridgehead atoms. The van der Waals surface area contributed by atoms with Crippen molar-refractivity contribution in [2.24, 2.45) is 0 Å². The SMILES string of the molecule is COC(=O)c1c(NC(=O)/C(C#N)=C/c2ccc(OCc3ccccc3)c(OC)c2)sc(C)c1C. The Bertz CT molecular complexity index is 1270. The van der Waals surface area contributed by atoms with Gasteiger partial charge in [0.05, 0.1) is 19.8 Å². The first kappa shape index (κ1) is 24.6. The molecule has 0 saturated heterocycles. The zero-order chi connectivity index (χ0) is 24.7. The highest BCUT2D eigenvalue weighted by molar-refractivity contribution is 7.16. The summed E-state index contributed by atoms with van der Waals surface area (Å²) in [6.07, 6.45) is 1.45. The van der Waals surface area contributed by atoms with Crippen molar-refractivity contribution in [1.82, 2.24) is 0 Å². The molecule has 0 radical (unpaired) electrons. The highest BCUT2D eigenvalue weighted by Gasteiger charge is 2.22. The lowest BCUT2D eigenvalue weighted by atomic mass is 10.1. The third kappa shape index (κ3) is 5.63. The summed E-state index contributed by atoms with van der Waals surface area (Å²) in [4.78, 5) is 25.8. The van der Waals surface area contributed by atoms with Gasteiger partial charge in [-0.15, -0.1) is 11.3 Å². The topological polar surface area (TPSA) is 97.7 Å². The number of ether oxygens (including phenoxy) is 3. The van der Waals surface area contributed by atoms with Gasteiger partial charge in [-0.3, -0.25) is 4.79 Å². The number of rotatable bonds is 8. The summed E-state index contributed by atoms with van der Waals surface area (Å²) < 4.78 is 16.1. The number of esters is 1. The van der Waals surface area contributed by atoms with E-state index in [2.05, 4.69) is 5.32 Å². The molecule has 1 heterocycles. The number of hydrogen-bond acceptors (Lipinski definition) is 7. The van der Waals surface area contributed by atoms with E-state index >= 15 is 0 Å². The molecule has 0 aliphatic carbocycles. The lowest BCUT2D eigenvalue weighted by molar-refractivity contribution is -0.112. The van der Waals surface area contributed by atoms with Crippen LogP contribution in [0.4, 0.5) is 5.00 Å². The van der Waals surface area contributed by atoms with E-state index in [1.807, 2.05) is 43.3 Å². The predicted octanol–water partition coefficient (Wildman–Crippen LogP) is 5.28. The number of carbonyl (C=O) groups excluding carboxylic acids is 2. The Morgan fingerprint density at radius 2 is 1.82 bits per heavy atom. The maximum Gasteiger partial charge on any atom is 0.341 e. The quantitative estimate of drug-likeness (QED) is 0.270. The van der Waals surface area contributed by atoms with Crippen molar-refractivity contribution in [2.45, 2.75) is 20.5 Å². The van der Waals surface area contributed by atoms with Crippen molar-refractivity contribution < 1.29 is 23.8 Å².